The predicted octanol–water partition coefficient (Wildman–Crippen LogP) is 2.16. The Balaban J connectivity index is 2.39. The normalized spacial score (nSPS) is 10.1. The molecule has 1 aromatic heterocycles. The van der Waals surface area contributed by atoms with Crippen molar-refractivity contribution in [2.45, 2.75) is 19.9 Å². The summed E-state index contributed by atoms with van der Waals surface area (Å²) < 4.78 is 7.33. The van der Waals surface area contributed by atoms with Crippen LogP contribution in [0.5, 0.6) is 5.75 Å². The van der Waals surface area contributed by atoms with Crippen LogP contribution in [0.25, 0.3) is 0 Å². The highest BCUT2D eigenvalue weighted by molar-refractivity contribution is 7.80. The van der Waals surface area contributed by atoms with E-state index < -0.39 is 0 Å². The summed E-state index contributed by atoms with van der Waals surface area (Å²) in [5.74, 6) is 1.45. The van der Waals surface area contributed by atoms with Crippen molar-refractivity contribution in [3.63, 3.8) is 0 Å². The first-order valence-electron chi connectivity index (χ1n) is 4.69. The first-order chi connectivity index (χ1) is 6.76. The van der Waals surface area contributed by atoms with E-state index in [-0.39, 0.29) is 0 Å². The quantitative estimate of drug-likeness (QED) is 0.578. The van der Waals surface area contributed by atoms with Crippen LogP contribution in [0, 0.1) is 0 Å². The van der Waals surface area contributed by atoms with Crippen molar-refractivity contribution in [1.82, 2.24) is 9.78 Å². The van der Waals surface area contributed by atoms with E-state index in [1.807, 2.05) is 10.9 Å². The second kappa shape index (κ2) is 5.75. The molecular weight excluding hydrogens is 196 g/mol. The zero-order valence-corrected chi connectivity index (χ0v) is 9.33. The molecule has 3 nitrogen and oxygen atoms in total. The lowest BCUT2D eigenvalue weighted by Crippen LogP contribution is -2.00. The summed E-state index contributed by atoms with van der Waals surface area (Å²) in [6.07, 6.45) is 4.70. The lowest BCUT2D eigenvalue weighted by atomic mass is 10.4. The number of aromatic nitrogens is 2. The van der Waals surface area contributed by atoms with Gasteiger partial charge in [-0.3, -0.25) is 4.68 Å². The van der Waals surface area contributed by atoms with Gasteiger partial charge in [-0.15, -0.1) is 0 Å². The molecule has 0 unspecified atom stereocenters. The summed E-state index contributed by atoms with van der Waals surface area (Å²) in [5, 5.41) is 4.15. The van der Waals surface area contributed by atoms with Crippen molar-refractivity contribution >= 4 is 12.6 Å². The minimum Gasteiger partial charge on any atom is -0.486 e. The topological polar surface area (TPSA) is 27.1 Å². The molecule has 0 saturated carbocycles. The third kappa shape index (κ3) is 3.46. The smallest absolute Gasteiger partial charge is 0.157 e. The summed E-state index contributed by atoms with van der Waals surface area (Å²) in [6, 6.07) is 0. The summed E-state index contributed by atoms with van der Waals surface area (Å²) in [7, 11) is 0. The molecule has 4 heteroatoms. The van der Waals surface area contributed by atoms with Crippen molar-refractivity contribution in [2.75, 3.05) is 12.4 Å². The van der Waals surface area contributed by atoms with Crippen molar-refractivity contribution in [3.05, 3.63) is 24.5 Å². The second-order valence-electron chi connectivity index (χ2n) is 3.14. The zero-order valence-electron chi connectivity index (χ0n) is 8.44. The lowest BCUT2D eigenvalue weighted by Gasteiger charge is -2.03. The van der Waals surface area contributed by atoms with Crippen LogP contribution in [-0.4, -0.2) is 22.1 Å². The molecule has 0 bridgehead atoms. The zero-order chi connectivity index (χ0) is 10.4. The molecule has 0 aliphatic heterocycles. The maximum Gasteiger partial charge on any atom is 0.157 e. The van der Waals surface area contributed by atoms with Crippen LogP contribution in [-0.2, 0) is 6.54 Å². The van der Waals surface area contributed by atoms with E-state index >= 15 is 0 Å². The number of aryl methyl sites for hydroxylation is 1. The van der Waals surface area contributed by atoms with Crippen molar-refractivity contribution < 1.29 is 4.74 Å². The SMILES string of the molecule is C=C(CS)COc1cnn(CCC)c1. The molecule has 0 amide bonds. The number of rotatable bonds is 6. The van der Waals surface area contributed by atoms with Crippen LogP contribution in [0.15, 0.2) is 24.5 Å². The van der Waals surface area contributed by atoms with Gasteiger partial charge in [0, 0.05) is 12.3 Å². The fraction of sp³-hybridized carbons (Fsp3) is 0.500. The Hall–Kier alpha value is -0.900. The molecule has 0 N–H and O–H groups in total. The summed E-state index contributed by atoms with van der Waals surface area (Å²) in [5.41, 5.74) is 0.969. The van der Waals surface area contributed by atoms with Gasteiger partial charge in [0.1, 0.15) is 6.61 Å². The average molecular weight is 212 g/mol. The maximum absolute atomic E-state index is 5.45. The Labute approximate surface area is 90.2 Å². The van der Waals surface area contributed by atoms with Gasteiger partial charge < -0.3 is 4.74 Å². The molecule has 0 atom stereocenters. The first-order valence-corrected chi connectivity index (χ1v) is 5.32. The van der Waals surface area contributed by atoms with Crippen LogP contribution in [0.2, 0.25) is 0 Å². The standard InChI is InChI=1S/C10H16N2OS/c1-3-4-12-6-10(5-11-12)13-7-9(2)8-14/h5-6,14H,2-4,7-8H2,1H3. The van der Waals surface area contributed by atoms with E-state index in [1.165, 1.54) is 0 Å². The molecule has 78 valence electrons. The van der Waals surface area contributed by atoms with Gasteiger partial charge >= 0.3 is 0 Å². The van der Waals surface area contributed by atoms with Gasteiger partial charge in [-0.1, -0.05) is 13.5 Å². The minimum absolute atomic E-state index is 0.515. The van der Waals surface area contributed by atoms with Crippen LogP contribution in [0.4, 0.5) is 0 Å². The molecule has 1 aromatic rings. The molecule has 0 spiro atoms. The molecular formula is C10H16N2OS. The Morgan fingerprint density at radius 2 is 2.50 bits per heavy atom. The fourth-order valence-electron chi connectivity index (χ4n) is 1.00. The van der Waals surface area contributed by atoms with E-state index in [0.717, 1.165) is 24.3 Å². The Morgan fingerprint density at radius 1 is 1.71 bits per heavy atom. The molecule has 0 aliphatic carbocycles. The van der Waals surface area contributed by atoms with Crippen LogP contribution in [0.3, 0.4) is 0 Å². The van der Waals surface area contributed by atoms with E-state index in [4.69, 9.17) is 4.74 Å². The summed E-state index contributed by atoms with van der Waals surface area (Å²) >= 11 is 4.10. The van der Waals surface area contributed by atoms with Gasteiger partial charge in [0.15, 0.2) is 5.75 Å². The van der Waals surface area contributed by atoms with E-state index in [9.17, 15) is 0 Å². The summed E-state index contributed by atoms with van der Waals surface area (Å²) in [4.78, 5) is 0. The van der Waals surface area contributed by atoms with Gasteiger partial charge in [-0.25, -0.2) is 0 Å². The Bertz CT molecular complexity index is 296. The molecule has 0 aromatic carbocycles. The van der Waals surface area contributed by atoms with Crippen molar-refractivity contribution in [2.24, 2.45) is 0 Å². The van der Waals surface area contributed by atoms with Gasteiger partial charge in [0.2, 0.25) is 0 Å². The highest BCUT2D eigenvalue weighted by Crippen LogP contribution is 2.09. The van der Waals surface area contributed by atoms with Crippen LogP contribution in [0.1, 0.15) is 13.3 Å². The van der Waals surface area contributed by atoms with Crippen LogP contribution < -0.4 is 4.74 Å². The number of nitrogens with zero attached hydrogens (tertiary/aromatic N) is 2. The maximum atomic E-state index is 5.45. The van der Waals surface area contributed by atoms with E-state index in [0.29, 0.717) is 12.4 Å². The molecule has 1 rings (SSSR count). The third-order valence-corrected chi connectivity index (χ3v) is 2.18. The monoisotopic (exact) mass is 212 g/mol. The molecule has 0 saturated heterocycles. The molecule has 1 heterocycles. The highest BCUT2D eigenvalue weighted by atomic mass is 32.1. The fourth-order valence-corrected chi connectivity index (χ4v) is 1.09. The van der Waals surface area contributed by atoms with Crippen molar-refractivity contribution in [1.29, 1.82) is 0 Å². The lowest BCUT2D eigenvalue weighted by molar-refractivity contribution is 0.352. The molecule has 14 heavy (non-hydrogen) atoms. The minimum atomic E-state index is 0.515. The predicted molar refractivity (Wildman–Crippen MR) is 61.0 cm³/mol. The number of thiol groups is 1. The summed E-state index contributed by atoms with van der Waals surface area (Å²) in [6.45, 7) is 7.36. The first kappa shape index (κ1) is 11.2. The third-order valence-electron chi connectivity index (χ3n) is 1.73. The number of hydrogen-bond donors (Lipinski definition) is 1. The number of hydrogen-bond acceptors (Lipinski definition) is 3. The Kier molecular flexibility index (Phi) is 4.59. The number of ether oxygens (including phenoxy) is 1. The Morgan fingerprint density at radius 3 is 3.14 bits per heavy atom. The van der Waals surface area contributed by atoms with Crippen molar-refractivity contribution in [3.8, 4) is 5.75 Å². The molecule has 0 fully saturated rings. The average Bonchev–Trinajstić information content (AvgIpc) is 2.63. The highest BCUT2D eigenvalue weighted by Gasteiger charge is 1.99. The largest absolute Gasteiger partial charge is 0.486 e. The second-order valence-corrected chi connectivity index (χ2v) is 3.45. The van der Waals surface area contributed by atoms with Gasteiger partial charge in [-0.05, 0) is 12.0 Å². The van der Waals surface area contributed by atoms with E-state index in [2.05, 4.69) is 31.2 Å². The van der Waals surface area contributed by atoms with Gasteiger partial charge in [0.25, 0.3) is 0 Å². The molecule has 0 aliphatic rings. The van der Waals surface area contributed by atoms with Gasteiger partial charge in [-0.2, -0.15) is 17.7 Å². The van der Waals surface area contributed by atoms with Crippen LogP contribution >= 0.6 is 12.6 Å². The van der Waals surface area contributed by atoms with E-state index in [1.54, 1.807) is 6.20 Å². The molecule has 0 radical (unpaired) electrons. The van der Waals surface area contributed by atoms with Gasteiger partial charge in [0.05, 0.1) is 12.4 Å².